The van der Waals surface area contributed by atoms with Crippen LogP contribution in [0.4, 0.5) is 5.69 Å². The van der Waals surface area contributed by atoms with E-state index in [2.05, 4.69) is 17.9 Å². The molecule has 1 heterocycles. The maximum Gasteiger partial charge on any atom is 0.227 e. The minimum atomic E-state index is -0.981. The lowest BCUT2D eigenvalue weighted by Crippen LogP contribution is -2.45. The quantitative estimate of drug-likeness (QED) is 0.732. The highest BCUT2D eigenvalue weighted by atomic mass is 35.5. The van der Waals surface area contributed by atoms with Crippen LogP contribution in [-0.4, -0.2) is 50.2 Å². The molecule has 2 aliphatic rings. The van der Waals surface area contributed by atoms with Gasteiger partial charge in [0.05, 0.1) is 19.1 Å². The molecule has 32 heavy (non-hydrogen) atoms. The van der Waals surface area contributed by atoms with E-state index in [0.717, 1.165) is 35.5 Å². The van der Waals surface area contributed by atoms with Crippen molar-refractivity contribution in [3.8, 4) is 5.75 Å². The Morgan fingerprint density at radius 2 is 1.84 bits per heavy atom. The molecule has 2 aromatic rings. The highest BCUT2D eigenvalue weighted by Crippen LogP contribution is 2.52. The Labute approximate surface area is 197 Å². The van der Waals surface area contributed by atoms with Gasteiger partial charge in [-0.15, -0.1) is 12.4 Å². The van der Waals surface area contributed by atoms with Crippen LogP contribution >= 0.6 is 12.4 Å². The van der Waals surface area contributed by atoms with Crippen molar-refractivity contribution in [2.24, 2.45) is 17.8 Å². The van der Waals surface area contributed by atoms with Gasteiger partial charge in [0.25, 0.3) is 0 Å². The van der Waals surface area contributed by atoms with E-state index in [0.29, 0.717) is 31.2 Å². The number of anilines is 1. The highest BCUT2D eigenvalue weighted by molar-refractivity contribution is 5.85. The van der Waals surface area contributed by atoms with Crippen LogP contribution in [0.1, 0.15) is 30.9 Å². The number of ether oxygens (including phenoxy) is 1. The summed E-state index contributed by atoms with van der Waals surface area (Å²) < 4.78 is 5.59. The average Bonchev–Trinajstić information content (AvgIpc) is 3.19. The second kappa shape index (κ2) is 9.72. The molecule has 0 aromatic heterocycles. The minimum Gasteiger partial charge on any atom is -0.496 e. The lowest BCUT2D eigenvalue weighted by molar-refractivity contribution is -0.130. The van der Waals surface area contributed by atoms with E-state index in [9.17, 15) is 9.90 Å². The van der Waals surface area contributed by atoms with Gasteiger partial charge in [0.15, 0.2) is 0 Å². The number of likely N-dealkylation sites (tertiary alicyclic amines) is 1. The number of aliphatic hydroxyl groups is 1. The fourth-order valence-electron chi connectivity index (χ4n) is 5.82. The summed E-state index contributed by atoms with van der Waals surface area (Å²) in [5.41, 5.74) is 1.99. The summed E-state index contributed by atoms with van der Waals surface area (Å²) >= 11 is 0. The first kappa shape index (κ1) is 24.4. The van der Waals surface area contributed by atoms with Gasteiger partial charge in [-0.2, -0.15) is 0 Å². The van der Waals surface area contributed by atoms with Gasteiger partial charge >= 0.3 is 0 Å². The Hall–Kier alpha value is -2.24. The van der Waals surface area contributed by atoms with Gasteiger partial charge in [-0.3, -0.25) is 4.79 Å². The largest absolute Gasteiger partial charge is 0.496 e. The number of carbonyl (C=O) groups is 1. The summed E-state index contributed by atoms with van der Waals surface area (Å²) in [4.78, 5) is 17.3. The van der Waals surface area contributed by atoms with Gasteiger partial charge in [-0.05, 0) is 42.4 Å². The van der Waals surface area contributed by atoms with E-state index in [1.807, 2.05) is 61.5 Å². The molecular weight excluding hydrogens is 424 g/mol. The molecule has 4 unspecified atom stereocenters. The number of hydrogen-bond acceptors (Lipinski definition) is 4. The summed E-state index contributed by atoms with van der Waals surface area (Å²) in [6.07, 6.45) is 2.12. The molecule has 1 amide bonds. The Morgan fingerprint density at radius 3 is 2.56 bits per heavy atom. The number of halogens is 1. The maximum absolute atomic E-state index is 13.3. The zero-order chi connectivity index (χ0) is 22.2. The fourth-order valence-corrected chi connectivity index (χ4v) is 5.82. The second-order valence-corrected chi connectivity index (χ2v) is 9.53. The normalized spacial score (nSPS) is 26.8. The Kier molecular flexibility index (Phi) is 7.41. The van der Waals surface area contributed by atoms with E-state index in [1.165, 1.54) is 0 Å². The predicted molar refractivity (Wildman–Crippen MR) is 131 cm³/mol. The molecule has 2 aromatic carbocycles. The van der Waals surface area contributed by atoms with Crippen LogP contribution in [0.2, 0.25) is 0 Å². The third kappa shape index (κ3) is 4.46. The predicted octanol–water partition coefficient (Wildman–Crippen LogP) is 4.12. The molecule has 1 aliphatic carbocycles. The molecule has 6 heteroatoms. The molecule has 2 fully saturated rings. The first-order chi connectivity index (χ1) is 14.8. The molecule has 1 N–H and O–H groups in total. The van der Waals surface area contributed by atoms with Crippen molar-refractivity contribution in [1.29, 1.82) is 0 Å². The SMILES string of the molecule is COc1ccccc1C1(O)CC(C)CC2CN(C(=O)Cc3ccccc3N(C)C)CC21.Cl. The third-order valence-corrected chi connectivity index (χ3v) is 7.16. The van der Waals surface area contributed by atoms with E-state index in [1.54, 1.807) is 7.11 Å². The Balaban J connectivity index is 0.00000289. The molecule has 0 spiro atoms. The number of benzene rings is 2. The zero-order valence-corrected chi connectivity index (χ0v) is 20.3. The fraction of sp³-hybridized carbons (Fsp3) is 0.500. The number of nitrogens with zero attached hydrogens (tertiary/aromatic N) is 2. The van der Waals surface area contributed by atoms with Gasteiger partial charge in [0.1, 0.15) is 5.75 Å². The van der Waals surface area contributed by atoms with Crippen LogP contribution < -0.4 is 9.64 Å². The molecular formula is C26H35ClN2O3. The number of rotatable bonds is 5. The summed E-state index contributed by atoms with van der Waals surface area (Å²) in [5, 5.41) is 12.0. The third-order valence-electron chi connectivity index (χ3n) is 7.16. The van der Waals surface area contributed by atoms with Crippen LogP contribution in [0, 0.1) is 17.8 Å². The van der Waals surface area contributed by atoms with Crippen molar-refractivity contribution in [3.05, 3.63) is 59.7 Å². The smallest absolute Gasteiger partial charge is 0.227 e. The standard InChI is InChI=1S/C26H34N2O3.ClH/c1-18-13-20-16-28(25(29)14-19-9-5-7-11-23(19)27(2)3)17-22(20)26(30,15-18)21-10-6-8-12-24(21)31-4;/h5-12,18,20,22,30H,13-17H2,1-4H3;1H. The van der Waals surface area contributed by atoms with E-state index in [4.69, 9.17) is 4.74 Å². The van der Waals surface area contributed by atoms with Crippen molar-refractivity contribution in [2.45, 2.75) is 31.8 Å². The highest BCUT2D eigenvalue weighted by Gasteiger charge is 2.53. The molecule has 4 rings (SSSR count). The topological polar surface area (TPSA) is 53.0 Å². The van der Waals surface area contributed by atoms with Gasteiger partial charge in [-0.1, -0.05) is 43.3 Å². The van der Waals surface area contributed by atoms with Crippen LogP contribution in [0.15, 0.2) is 48.5 Å². The number of hydrogen-bond donors (Lipinski definition) is 1. The molecule has 1 saturated carbocycles. The summed E-state index contributed by atoms with van der Waals surface area (Å²) in [5.74, 6) is 1.57. The molecule has 1 saturated heterocycles. The van der Waals surface area contributed by atoms with E-state index < -0.39 is 5.60 Å². The van der Waals surface area contributed by atoms with Crippen molar-refractivity contribution in [2.75, 3.05) is 39.2 Å². The van der Waals surface area contributed by atoms with Crippen molar-refractivity contribution >= 4 is 24.0 Å². The van der Waals surface area contributed by atoms with Gasteiger partial charge in [0.2, 0.25) is 5.91 Å². The lowest BCUT2D eigenvalue weighted by atomic mass is 9.64. The first-order valence-corrected chi connectivity index (χ1v) is 11.2. The lowest BCUT2D eigenvalue weighted by Gasteiger charge is -2.44. The van der Waals surface area contributed by atoms with Crippen molar-refractivity contribution < 1.29 is 14.6 Å². The molecule has 0 radical (unpaired) electrons. The number of methoxy groups -OCH3 is 1. The summed E-state index contributed by atoms with van der Waals surface area (Å²) in [6.45, 7) is 3.51. The number of carbonyl (C=O) groups excluding carboxylic acids is 1. The number of amides is 1. The van der Waals surface area contributed by atoms with E-state index in [-0.39, 0.29) is 24.2 Å². The molecule has 4 atom stereocenters. The van der Waals surface area contributed by atoms with Crippen LogP contribution in [0.25, 0.3) is 0 Å². The monoisotopic (exact) mass is 458 g/mol. The van der Waals surface area contributed by atoms with Gasteiger partial charge < -0.3 is 19.6 Å². The Bertz CT molecular complexity index is 950. The average molecular weight is 459 g/mol. The van der Waals surface area contributed by atoms with E-state index >= 15 is 0 Å². The molecule has 1 aliphatic heterocycles. The Morgan fingerprint density at radius 1 is 1.16 bits per heavy atom. The maximum atomic E-state index is 13.3. The van der Waals surface area contributed by atoms with Crippen LogP contribution in [0.5, 0.6) is 5.75 Å². The second-order valence-electron chi connectivity index (χ2n) is 9.53. The number of fused-ring (bicyclic) bond motifs is 1. The van der Waals surface area contributed by atoms with Crippen LogP contribution in [0.3, 0.4) is 0 Å². The van der Waals surface area contributed by atoms with Gasteiger partial charge in [-0.25, -0.2) is 0 Å². The van der Waals surface area contributed by atoms with Crippen molar-refractivity contribution in [3.63, 3.8) is 0 Å². The molecule has 0 bridgehead atoms. The van der Waals surface area contributed by atoms with Crippen molar-refractivity contribution in [1.82, 2.24) is 4.90 Å². The molecule has 174 valence electrons. The van der Waals surface area contributed by atoms with Gasteiger partial charge in [0, 0.05) is 44.4 Å². The number of para-hydroxylation sites is 2. The molecule has 5 nitrogen and oxygen atoms in total. The zero-order valence-electron chi connectivity index (χ0n) is 19.5. The summed E-state index contributed by atoms with van der Waals surface area (Å²) in [6, 6.07) is 15.9. The van der Waals surface area contributed by atoms with Crippen LogP contribution in [-0.2, 0) is 16.8 Å². The minimum absolute atomic E-state index is 0. The first-order valence-electron chi connectivity index (χ1n) is 11.2. The summed E-state index contributed by atoms with van der Waals surface area (Å²) in [7, 11) is 5.66.